The lowest BCUT2D eigenvalue weighted by Gasteiger charge is -2.44. The molecular weight excluding hydrogens is 428 g/mol. The van der Waals surface area contributed by atoms with E-state index in [0.717, 1.165) is 44.2 Å². The van der Waals surface area contributed by atoms with Crippen molar-refractivity contribution >= 4 is 38.7 Å². The normalized spacial score (nSPS) is 21.9. The molecule has 33 heavy (non-hydrogen) atoms. The van der Waals surface area contributed by atoms with Gasteiger partial charge in [-0.15, -0.1) is 11.3 Å². The number of ketones is 2. The van der Waals surface area contributed by atoms with Gasteiger partial charge in [0.25, 0.3) is 0 Å². The highest BCUT2D eigenvalue weighted by Crippen LogP contribution is 2.36. The molecule has 5 heteroatoms. The number of thiophene rings is 1. The van der Waals surface area contributed by atoms with Crippen LogP contribution < -0.4 is 4.90 Å². The molecule has 0 amide bonds. The van der Waals surface area contributed by atoms with Gasteiger partial charge in [0.15, 0.2) is 5.78 Å². The minimum Gasteiger partial charge on any atom is -0.378 e. The Morgan fingerprint density at radius 2 is 1.67 bits per heavy atom. The second kappa shape index (κ2) is 9.40. The SMILES string of the molecule is CN(C)c1ccc(CC(=O)Cc2ccc3cc(C(=O)C[C@H]4CN5CCC4CC5)sc3c2)cc1. The lowest BCUT2D eigenvalue weighted by molar-refractivity contribution is -0.117. The van der Waals surface area contributed by atoms with Crippen molar-refractivity contribution in [1.29, 1.82) is 0 Å². The Morgan fingerprint density at radius 1 is 0.970 bits per heavy atom. The number of benzene rings is 2. The molecule has 3 saturated heterocycles. The van der Waals surface area contributed by atoms with Crippen LogP contribution in [0.3, 0.4) is 0 Å². The van der Waals surface area contributed by atoms with Gasteiger partial charge in [0.05, 0.1) is 4.88 Å². The third-order valence-corrected chi connectivity index (χ3v) is 8.49. The van der Waals surface area contributed by atoms with Gasteiger partial charge in [0, 0.05) is 50.3 Å². The molecule has 0 spiro atoms. The molecular formula is C28H32N2O2S. The van der Waals surface area contributed by atoms with Gasteiger partial charge in [0.1, 0.15) is 5.78 Å². The molecule has 3 aromatic rings. The molecule has 1 atom stereocenters. The molecule has 0 N–H and O–H groups in total. The lowest BCUT2D eigenvalue weighted by atomic mass is 9.76. The van der Waals surface area contributed by atoms with Gasteiger partial charge >= 0.3 is 0 Å². The summed E-state index contributed by atoms with van der Waals surface area (Å²) >= 11 is 1.58. The van der Waals surface area contributed by atoms with Crippen LogP contribution in [0.25, 0.3) is 10.1 Å². The monoisotopic (exact) mass is 460 g/mol. The zero-order valence-electron chi connectivity index (χ0n) is 19.5. The highest BCUT2D eigenvalue weighted by Gasteiger charge is 2.35. The minimum absolute atomic E-state index is 0.210. The van der Waals surface area contributed by atoms with Crippen LogP contribution in [-0.2, 0) is 17.6 Å². The van der Waals surface area contributed by atoms with Crippen molar-refractivity contribution in [3.05, 3.63) is 64.5 Å². The first-order chi connectivity index (χ1) is 15.9. The Bertz CT molecular complexity index is 1160. The fourth-order valence-electron chi connectivity index (χ4n) is 5.41. The average molecular weight is 461 g/mol. The van der Waals surface area contributed by atoms with E-state index in [1.165, 1.54) is 25.9 Å². The molecule has 6 rings (SSSR count). The topological polar surface area (TPSA) is 40.6 Å². The number of hydrogen-bond acceptors (Lipinski definition) is 5. The standard InChI is InChI=1S/C28H32N2O2S/c1-29(2)24-7-4-19(5-8-24)13-25(31)14-20-3-6-22-17-28(33-27(22)15-20)26(32)16-23-18-30-11-9-21(23)10-12-30/h3-8,15,17,21,23H,9-14,16,18H2,1-2H3/t23-/m0/s1. The van der Waals surface area contributed by atoms with Crippen molar-refractivity contribution in [3.8, 4) is 0 Å². The Balaban J connectivity index is 1.22. The summed E-state index contributed by atoms with van der Waals surface area (Å²) in [5, 5.41) is 1.10. The molecule has 3 fully saturated rings. The molecule has 172 valence electrons. The van der Waals surface area contributed by atoms with Crippen LogP contribution in [0.5, 0.6) is 0 Å². The van der Waals surface area contributed by atoms with E-state index in [2.05, 4.69) is 34.1 Å². The van der Waals surface area contributed by atoms with Gasteiger partial charge < -0.3 is 9.80 Å². The number of fused-ring (bicyclic) bond motifs is 4. The Kier molecular flexibility index (Phi) is 6.35. The maximum absolute atomic E-state index is 13.0. The molecule has 0 unspecified atom stereocenters. The Hall–Kier alpha value is -2.50. The molecule has 3 aliphatic heterocycles. The van der Waals surface area contributed by atoms with Crippen molar-refractivity contribution < 1.29 is 9.59 Å². The molecule has 4 nitrogen and oxygen atoms in total. The van der Waals surface area contributed by atoms with E-state index < -0.39 is 0 Å². The number of carbonyl (C=O) groups is 2. The number of carbonyl (C=O) groups excluding carboxylic acids is 2. The fourth-order valence-corrected chi connectivity index (χ4v) is 6.49. The zero-order chi connectivity index (χ0) is 22.9. The summed E-state index contributed by atoms with van der Waals surface area (Å²) in [7, 11) is 4.02. The first kappa shape index (κ1) is 22.3. The third-order valence-electron chi connectivity index (χ3n) is 7.35. The van der Waals surface area contributed by atoms with E-state index >= 15 is 0 Å². The van der Waals surface area contributed by atoms with Gasteiger partial charge in [-0.1, -0.05) is 24.3 Å². The second-order valence-electron chi connectivity index (χ2n) is 9.96. The summed E-state index contributed by atoms with van der Waals surface area (Å²) in [6.45, 7) is 3.51. The highest BCUT2D eigenvalue weighted by molar-refractivity contribution is 7.20. The van der Waals surface area contributed by atoms with Crippen LogP contribution in [0, 0.1) is 11.8 Å². The summed E-state index contributed by atoms with van der Waals surface area (Å²) in [5.74, 6) is 1.74. The maximum Gasteiger partial charge on any atom is 0.173 e. The van der Waals surface area contributed by atoms with E-state index in [1.807, 2.05) is 38.4 Å². The average Bonchev–Trinajstić information content (AvgIpc) is 3.24. The van der Waals surface area contributed by atoms with E-state index in [0.29, 0.717) is 25.2 Å². The van der Waals surface area contributed by atoms with E-state index in [4.69, 9.17) is 0 Å². The molecule has 0 radical (unpaired) electrons. The second-order valence-corrected chi connectivity index (χ2v) is 11.0. The molecule has 2 bridgehead atoms. The van der Waals surface area contributed by atoms with Crippen LogP contribution in [0.1, 0.15) is 40.1 Å². The quantitative estimate of drug-likeness (QED) is 0.431. The van der Waals surface area contributed by atoms with Crippen LogP contribution in [0.15, 0.2) is 48.5 Å². The number of nitrogens with zero attached hydrogens (tertiary/aromatic N) is 2. The first-order valence-corrected chi connectivity index (χ1v) is 12.8. The summed E-state index contributed by atoms with van der Waals surface area (Å²) in [6, 6.07) is 16.4. The Labute approximate surface area is 200 Å². The summed E-state index contributed by atoms with van der Waals surface area (Å²) in [6.07, 6.45) is 4.04. The van der Waals surface area contributed by atoms with Gasteiger partial charge in [-0.05, 0) is 78.5 Å². The third kappa shape index (κ3) is 5.04. The molecule has 4 heterocycles. The van der Waals surface area contributed by atoms with Gasteiger partial charge in [0.2, 0.25) is 0 Å². The summed E-state index contributed by atoms with van der Waals surface area (Å²) in [4.78, 5) is 31.1. The van der Waals surface area contributed by atoms with Gasteiger partial charge in [-0.2, -0.15) is 0 Å². The molecule has 2 aromatic carbocycles. The van der Waals surface area contributed by atoms with E-state index in [1.54, 1.807) is 11.3 Å². The lowest BCUT2D eigenvalue weighted by Crippen LogP contribution is -2.47. The summed E-state index contributed by atoms with van der Waals surface area (Å²) < 4.78 is 1.10. The number of hydrogen-bond donors (Lipinski definition) is 0. The molecule has 3 aliphatic rings. The van der Waals surface area contributed by atoms with Crippen LogP contribution >= 0.6 is 11.3 Å². The minimum atomic E-state index is 0.210. The first-order valence-electron chi connectivity index (χ1n) is 12.0. The fraction of sp³-hybridized carbons (Fsp3) is 0.429. The van der Waals surface area contributed by atoms with Crippen molar-refractivity contribution in [3.63, 3.8) is 0 Å². The number of Topliss-reactive ketones (excluding diaryl/α,β-unsaturated/α-hetero) is 2. The summed E-state index contributed by atoms with van der Waals surface area (Å²) in [5.41, 5.74) is 3.20. The van der Waals surface area contributed by atoms with Crippen molar-refractivity contribution in [2.75, 3.05) is 38.6 Å². The number of rotatable bonds is 8. The molecule has 1 aromatic heterocycles. The smallest absolute Gasteiger partial charge is 0.173 e. The van der Waals surface area contributed by atoms with Crippen LogP contribution in [0.2, 0.25) is 0 Å². The van der Waals surface area contributed by atoms with Crippen molar-refractivity contribution in [1.82, 2.24) is 4.90 Å². The maximum atomic E-state index is 13.0. The van der Waals surface area contributed by atoms with E-state index in [-0.39, 0.29) is 11.6 Å². The predicted molar refractivity (Wildman–Crippen MR) is 137 cm³/mol. The van der Waals surface area contributed by atoms with E-state index in [9.17, 15) is 9.59 Å². The Morgan fingerprint density at radius 3 is 2.33 bits per heavy atom. The molecule has 0 aliphatic carbocycles. The van der Waals surface area contributed by atoms with Crippen molar-refractivity contribution in [2.45, 2.75) is 32.1 Å². The zero-order valence-corrected chi connectivity index (χ0v) is 20.4. The highest BCUT2D eigenvalue weighted by atomic mass is 32.1. The number of piperidine rings is 3. The van der Waals surface area contributed by atoms with Crippen LogP contribution in [0.4, 0.5) is 5.69 Å². The number of anilines is 1. The predicted octanol–water partition coefficient (Wildman–Crippen LogP) is 5.24. The van der Waals surface area contributed by atoms with Gasteiger partial charge in [-0.3, -0.25) is 9.59 Å². The van der Waals surface area contributed by atoms with Gasteiger partial charge in [-0.25, -0.2) is 0 Å². The largest absolute Gasteiger partial charge is 0.378 e. The molecule has 0 saturated carbocycles. The van der Waals surface area contributed by atoms with Crippen molar-refractivity contribution in [2.24, 2.45) is 11.8 Å². The van der Waals surface area contributed by atoms with Crippen LogP contribution in [-0.4, -0.2) is 50.2 Å².